The van der Waals surface area contributed by atoms with Crippen LogP contribution in [-0.2, 0) is 17.5 Å². The number of tetrazole rings is 1. The third-order valence-electron chi connectivity index (χ3n) is 4.12. The number of anilines is 1. The Morgan fingerprint density at radius 2 is 1.83 bits per heavy atom. The van der Waals surface area contributed by atoms with Crippen LogP contribution in [0.4, 0.5) is 23.7 Å². The molecule has 0 saturated carbocycles. The molecule has 2 aromatic rings. The molecule has 2 rings (SSSR count). The molecule has 0 unspecified atom stereocenters. The number of carbonyl (C=O) groups is 2. The van der Waals surface area contributed by atoms with E-state index in [1.54, 1.807) is 0 Å². The highest BCUT2D eigenvalue weighted by atomic mass is 19.4. The zero-order chi connectivity index (χ0) is 21.8. The Balaban J connectivity index is 2.35. The number of aromatic amines is 1. The molecule has 1 aromatic heterocycles. The van der Waals surface area contributed by atoms with Gasteiger partial charge in [0.25, 0.3) is 0 Å². The summed E-state index contributed by atoms with van der Waals surface area (Å²) in [5.41, 5.74) is -0.938. The summed E-state index contributed by atoms with van der Waals surface area (Å²) < 4.78 is 38.4. The molecular weight excluding hydrogens is 393 g/mol. The lowest BCUT2D eigenvalue weighted by Crippen LogP contribution is -2.50. The van der Waals surface area contributed by atoms with E-state index in [4.69, 9.17) is 0 Å². The molecule has 0 aliphatic rings. The normalized spacial score (nSPS) is 12.7. The number of carboxylic acid groups (broad SMARTS) is 1. The quantitative estimate of drug-likeness (QED) is 0.720. The molecule has 1 atom stereocenters. The lowest BCUT2D eigenvalue weighted by atomic mass is 10.0. The maximum atomic E-state index is 13.0. The molecule has 0 spiro atoms. The molecule has 0 saturated heterocycles. The van der Waals surface area contributed by atoms with E-state index in [-0.39, 0.29) is 24.6 Å². The van der Waals surface area contributed by atoms with Crippen molar-refractivity contribution in [1.82, 2.24) is 25.5 Å². The van der Waals surface area contributed by atoms with E-state index < -0.39 is 29.8 Å². The van der Waals surface area contributed by atoms with E-state index in [1.807, 2.05) is 13.8 Å². The van der Waals surface area contributed by atoms with Crippen LogP contribution < -0.4 is 4.90 Å². The molecule has 0 aliphatic heterocycles. The smallest absolute Gasteiger partial charge is 0.416 e. The molecule has 12 heteroatoms. The van der Waals surface area contributed by atoms with Gasteiger partial charge in [-0.3, -0.25) is 9.69 Å². The molecule has 1 heterocycles. The SMILES string of the molecule is CC(C)C[C@@H](C(=O)N(C)Cc1nnn[nH]1)N(C(=O)O)c1ccc(C(F)(F)F)cc1. The summed E-state index contributed by atoms with van der Waals surface area (Å²) >= 11 is 0. The lowest BCUT2D eigenvalue weighted by Gasteiger charge is -2.32. The predicted octanol–water partition coefficient (Wildman–Crippen LogP) is 2.78. The first-order valence-electron chi connectivity index (χ1n) is 8.67. The maximum Gasteiger partial charge on any atom is 0.416 e. The second-order valence-electron chi connectivity index (χ2n) is 6.88. The molecule has 0 bridgehead atoms. The van der Waals surface area contributed by atoms with E-state index in [2.05, 4.69) is 20.6 Å². The van der Waals surface area contributed by atoms with Crippen molar-refractivity contribution in [3.63, 3.8) is 0 Å². The molecule has 2 amide bonds. The van der Waals surface area contributed by atoms with Gasteiger partial charge in [-0.25, -0.2) is 9.89 Å². The number of nitrogens with zero attached hydrogens (tertiary/aromatic N) is 5. The molecular formula is C17H21F3N6O3. The van der Waals surface area contributed by atoms with Gasteiger partial charge < -0.3 is 10.0 Å². The zero-order valence-electron chi connectivity index (χ0n) is 16.0. The van der Waals surface area contributed by atoms with Crippen LogP contribution >= 0.6 is 0 Å². The highest BCUT2D eigenvalue weighted by Gasteiger charge is 2.35. The number of halogens is 3. The van der Waals surface area contributed by atoms with Gasteiger partial charge >= 0.3 is 12.3 Å². The van der Waals surface area contributed by atoms with Gasteiger partial charge in [-0.05, 0) is 47.0 Å². The molecule has 0 radical (unpaired) electrons. The van der Waals surface area contributed by atoms with Gasteiger partial charge in [0, 0.05) is 12.7 Å². The highest BCUT2D eigenvalue weighted by Crippen LogP contribution is 2.31. The van der Waals surface area contributed by atoms with Crippen molar-refractivity contribution in [1.29, 1.82) is 0 Å². The first-order valence-corrected chi connectivity index (χ1v) is 8.67. The largest absolute Gasteiger partial charge is 0.465 e. The number of H-pyrrole nitrogens is 1. The topological polar surface area (TPSA) is 115 Å². The van der Waals surface area contributed by atoms with Gasteiger partial charge in [0.15, 0.2) is 5.82 Å². The number of amides is 2. The van der Waals surface area contributed by atoms with Crippen molar-refractivity contribution in [3.8, 4) is 0 Å². The van der Waals surface area contributed by atoms with Crippen LogP contribution in [-0.4, -0.2) is 55.7 Å². The molecule has 0 aliphatic carbocycles. The summed E-state index contributed by atoms with van der Waals surface area (Å²) in [7, 11) is 1.46. The summed E-state index contributed by atoms with van der Waals surface area (Å²) in [5.74, 6) is -0.279. The number of hydrogen-bond donors (Lipinski definition) is 2. The van der Waals surface area contributed by atoms with Crippen LogP contribution in [0.25, 0.3) is 0 Å². The molecule has 9 nitrogen and oxygen atoms in total. The van der Waals surface area contributed by atoms with Gasteiger partial charge in [-0.2, -0.15) is 13.2 Å². The van der Waals surface area contributed by atoms with Gasteiger partial charge in [-0.1, -0.05) is 13.8 Å². The Bertz CT molecular complexity index is 824. The van der Waals surface area contributed by atoms with Crippen LogP contribution in [0.1, 0.15) is 31.7 Å². The fourth-order valence-electron chi connectivity index (χ4n) is 2.80. The van der Waals surface area contributed by atoms with Crippen molar-refractivity contribution in [2.45, 2.75) is 39.0 Å². The minimum absolute atomic E-state index is 0.0148. The Hall–Kier alpha value is -3.18. The fraction of sp³-hybridized carbons (Fsp3) is 0.471. The van der Waals surface area contributed by atoms with Crippen LogP contribution in [0.15, 0.2) is 24.3 Å². The summed E-state index contributed by atoms with van der Waals surface area (Å²) in [6.07, 6.45) is -5.82. The Morgan fingerprint density at radius 1 is 1.21 bits per heavy atom. The molecule has 29 heavy (non-hydrogen) atoms. The van der Waals surface area contributed by atoms with Gasteiger partial charge in [0.05, 0.1) is 12.1 Å². The number of aromatic nitrogens is 4. The number of likely N-dealkylation sites (N-methyl/N-ethyl adjacent to an activating group) is 1. The first kappa shape index (κ1) is 22.1. The minimum Gasteiger partial charge on any atom is -0.465 e. The van der Waals surface area contributed by atoms with E-state index in [9.17, 15) is 27.9 Å². The van der Waals surface area contributed by atoms with Crippen molar-refractivity contribution >= 4 is 17.7 Å². The third kappa shape index (κ3) is 5.65. The van der Waals surface area contributed by atoms with Crippen molar-refractivity contribution in [2.75, 3.05) is 11.9 Å². The second kappa shape index (κ2) is 8.88. The number of benzene rings is 1. The number of nitrogens with one attached hydrogen (secondary N) is 1. The van der Waals surface area contributed by atoms with Crippen LogP contribution in [0.5, 0.6) is 0 Å². The Morgan fingerprint density at radius 3 is 2.28 bits per heavy atom. The molecule has 2 N–H and O–H groups in total. The van der Waals surface area contributed by atoms with Crippen molar-refractivity contribution < 1.29 is 27.9 Å². The predicted molar refractivity (Wildman–Crippen MR) is 95.8 cm³/mol. The van der Waals surface area contributed by atoms with E-state index >= 15 is 0 Å². The first-order chi connectivity index (χ1) is 13.5. The molecule has 0 fully saturated rings. The zero-order valence-corrected chi connectivity index (χ0v) is 16.0. The summed E-state index contributed by atoms with van der Waals surface area (Å²) in [6, 6.07) is 2.51. The van der Waals surface area contributed by atoms with Crippen LogP contribution in [0.2, 0.25) is 0 Å². The van der Waals surface area contributed by atoms with Crippen LogP contribution in [0, 0.1) is 5.92 Å². The Kier molecular flexibility index (Phi) is 6.77. The average Bonchev–Trinajstić information content (AvgIpc) is 3.12. The second-order valence-corrected chi connectivity index (χ2v) is 6.88. The monoisotopic (exact) mass is 414 g/mol. The number of alkyl halides is 3. The molecule has 1 aromatic carbocycles. The minimum atomic E-state index is -4.55. The summed E-state index contributed by atoms with van der Waals surface area (Å²) in [4.78, 5) is 27.0. The third-order valence-corrected chi connectivity index (χ3v) is 4.12. The molecule has 158 valence electrons. The lowest BCUT2D eigenvalue weighted by molar-refractivity contribution is -0.137. The van der Waals surface area contributed by atoms with Gasteiger partial charge in [0.1, 0.15) is 6.04 Å². The fourth-order valence-corrected chi connectivity index (χ4v) is 2.80. The summed E-state index contributed by atoms with van der Waals surface area (Å²) in [5, 5.41) is 22.7. The van der Waals surface area contributed by atoms with E-state index in [1.165, 1.54) is 11.9 Å². The van der Waals surface area contributed by atoms with Gasteiger partial charge in [-0.15, -0.1) is 5.10 Å². The standard InChI is InChI=1S/C17H21F3N6O3/c1-10(2)8-13(15(27)25(3)9-14-21-23-24-22-14)26(16(28)29)12-6-4-11(5-7-12)17(18,19)20/h4-7,10,13H,8-9H2,1-3H3,(H,28,29)(H,21,22,23,24)/t13-/m0/s1. The number of rotatable bonds is 7. The number of carbonyl (C=O) groups excluding carboxylic acids is 1. The van der Waals surface area contributed by atoms with Crippen molar-refractivity contribution in [2.24, 2.45) is 5.92 Å². The average molecular weight is 414 g/mol. The van der Waals surface area contributed by atoms with Crippen molar-refractivity contribution in [3.05, 3.63) is 35.7 Å². The maximum absolute atomic E-state index is 13.0. The van der Waals surface area contributed by atoms with E-state index in [0.29, 0.717) is 5.82 Å². The Labute approximate surface area is 164 Å². The number of hydrogen-bond acceptors (Lipinski definition) is 5. The van der Waals surface area contributed by atoms with E-state index in [0.717, 1.165) is 29.2 Å². The van der Waals surface area contributed by atoms with Crippen LogP contribution in [0.3, 0.4) is 0 Å². The van der Waals surface area contributed by atoms with Gasteiger partial charge in [0.2, 0.25) is 5.91 Å². The summed E-state index contributed by atoms with van der Waals surface area (Å²) in [6.45, 7) is 3.64. The highest BCUT2D eigenvalue weighted by molar-refractivity contribution is 5.96.